The quantitative estimate of drug-likeness (QED) is 0.0141. The van der Waals surface area contributed by atoms with Gasteiger partial charge in [0.2, 0.25) is 35.4 Å². The standard InChI is InChI=1S/C53H99N9O10/c1-5-7-9-11-13-15-17-19-21-23-25-27-35-71-39-46(72-36-28-26-24-22-20-18-16-14-12-10-8-6-2)61-44(63)33-29-31-42-50(68)62-48(40(3)4)52(70)60-41(32-30-34-56-53(54)55)49(67)57-38-45(64)58-43(37-47(65)66)51(69)59-42/h40-43,46,48H,5-39H2,1-4H3,(H,57,67)(H,58,64)(H,59,69)(H,60,70)(H,61,63)(H,62,68)(H,65,66)(H4,54,55,56). The molecule has 0 aromatic heterocycles. The molecule has 19 heteroatoms. The number of hydrogen-bond donors (Lipinski definition) is 9. The minimum Gasteiger partial charge on any atom is -0.481 e. The zero-order valence-electron chi connectivity index (χ0n) is 44.9. The number of guanidine groups is 1. The lowest BCUT2D eigenvalue weighted by molar-refractivity contribution is -0.141. The molecular formula is C53H99N9O10. The second kappa shape index (κ2) is 42.9. The smallest absolute Gasteiger partial charge is 0.305 e. The number of aliphatic imine (C=N–C) groups is 1. The molecule has 0 saturated carbocycles. The maximum atomic E-state index is 14.0. The fraction of sp³-hybridized carbons (Fsp3) is 0.849. The van der Waals surface area contributed by atoms with E-state index in [1.165, 1.54) is 116 Å². The molecule has 416 valence electrons. The first kappa shape index (κ1) is 65.5. The third-order valence-electron chi connectivity index (χ3n) is 12.9. The normalized spacial score (nSPS) is 18.5. The molecule has 6 amide bonds. The molecule has 1 heterocycles. The fourth-order valence-electron chi connectivity index (χ4n) is 8.54. The van der Waals surface area contributed by atoms with Gasteiger partial charge in [0.1, 0.15) is 24.2 Å². The van der Waals surface area contributed by atoms with Crippen LogP contribution in [-0.2, 0) is 43.0 Å². The Balaban J connectivity index is 2.99. The summed E-state index contributed by atoms with van der Waals surface area (Å²) in [7, 11) is 0. The maximum absolute atomic E-state index is 14.0. The van der Waals surface area contributed by atoms with E-state index in [9.17, 15) is 38.7 Å². The molecule has 72 heavy (non-hydrogen) atoms. The summed E-state index contributed by atoms with van der Waals surface area (Å²) < 4.78 is 12.2. The number of nitrogens with one attached hydrogen (secondary N) is 6. The molecular weight excluding hydrogens is 923 g/mol. The molecule has 0 bridgehead atoms. The lowest BCUT2D eigenvalue weighted by Crippen LogP contribution is -2.59. The molecule has 0 radical (unpaired) electrons. The van der Waals surface area contributed by atoms with Gasteiger partial charge < -0.3 is 57.9 Å². The van der Waals surface area contributed by atoms with Crippen molar-refractivity contribution in [3.8, 4) is 0 Å². The van der Waals surface area contributed by atoms with Crippen molar-refractivity contribution in [1.29, 1.82) is 0 Å². The van der Waals surface area contributed by atoms with Crippen molar-refractivity contribution >= 4 is 47.4 Å². The van der Waals surface area contributed by atoms with E-state index >= 15 is 0 Å². The highest BCUT2D eigenvalue weighted by atomic mass is 16.5. The van der Waals surface area contributed by atoms with Crippen LogP contribution in [0.25, 0.3) is 0 Å². The minimum atomic E-state index is -1.62. The molecule has 1 saturated heterocycles. The first-order valence-corrected chi connectivity index (χ1v) is 27.9. The monoisotopic (exact) mass is 1020 g/mol. The van der Waals surface area contributed by atoms with Gasteiger partial charge in [0.15, 0.2) is 12.2 Å². The van der Waals surface area contributed by atoms with Gasteiger partial charge in [-0.05, 0) is 44.4 Å². The number of rotatable bonds is 41. The van der Waals surface area contributed by atoms with E-state index < -0.39 is 84.8 Å². The van der Waals surface area contributed by atoms with Crippen LogP contribution in [0, 0.1) is 5.92 Å². The number of amides is 6. The molecule has 11 N–H and O–H groups in total. The molecule has 5 atom stereocenters. The number of hydrogen-bond acceptors (Lipinski definition) is 10. The van der Waals surface area contributed by atoms with E-state index in [0.29, 0.717) is 13.2 Å². The van der Waals surface area contributed by atoms with Crippen molar-refractivity contribution in [2.24, 2.45) is 22.4 Å². The van der Waals surface area contributed by atoms with Crippen molar-refractivity contribution in [3.05, 3.63) is 0 Å². The fourth-order valence-corrected chi connectivity index (χ4v) is 8.54. The minimum absolute atomic E-state index is 0.0600. The van der Waals surface area contributed by atoms with Crippen molar-refractivity contribution in [2.45, 2.75) is 251 Å². The number of nitrogens with two attached hydrogens (primary N) is 2. The zero-order valence-corrected chi connectivity index (χ0v) is 44.9. The molecule has 1 aliphatic heterocycles. The van der Waals surface area contributed by atoms with E-state index in [2.05, 4.69) is 50.7 Å². The molecule has 1 rings (SSSR count). The third kappa shape index (κ3) is 34.8. The predicted octanol–water partition coefficient (Wildman–Crippen LogP) is 6.29. The first-order chi connectivity index (χ1) is 34.7. The van der Waals surface area contributed by atoms with E-state index in [1.807, 2.05) is 0 Å². The van der Waals surface area contributed by atoms with Gasteiger partial charge in [-0.15, -0.1) is 0 Å². The highest BCUT2D eigenvalue weighted by Gasteiger charge is 2.34. The van der Waals surface area contributed by atoms with Gasteiger partial charge in [-0.2, -0.15) is 0 Å². The number of aliphatic carboxylic acids is 1. The number of carbonyl (C=O) groups is 7. The zero-order chi connectivity index (χ0) is 53.2. The van der Waals surface area contributed by atoms with Crippen molar-refractivity contribution in [3.63, 3.8) is 0 Å². The molecule has 1 fully saturated rings. The Kier molecular flexibility index (Phi) is 39.1. The largest absolute Gasteiger partial charge is 0.481 e. The number of unbranched alkanes of at least 4 members (excludes halogenated alkanes) is 22. The molecule has 0 aromatic rings. The van der Waals surface area contributed by atoms with Gasteiger partial charge in [0.25, 0.3) is 0 Å². The topological polar surface area (TPSA) is 295 Å². The van der Waals surface area contributed by atoms with Crippen LogP contribution in [-0.4, -0.2) is 116 Å². The average molecular weight is 1020 g/mol. The van der Waals surface area contributed by atoms with Crippen LogP contribution >= 0.6 is 0 Å². The van der Waals surface area contributed by atoms with Crippen LogP contribution in [0.2, 0.25) is 0 Å². The number of carbonyl (C=O) groups excluding carboxylic acids is 6. The summed E-state index contributed by atoms with van der Waals surface area (Å²) in [6.45, 7) is 8.56. The van der Waals surface area contributed by atoms with Crippen molar-refractivity contribution in [2.75, 3.05) is 32.9 Å². The maximum Gasteiger partial charge on any atom is 0.305 e. The van der Waals surface area contributed by atoms with Gasteiger partial charge in [0, 0.05) is 26.2 Å². The Bertz CT molecular complexity index is 1550. The van der Waals surface area contributed by atoms with E-state index in [1.54, 1.807) is 13.8 Å². The molecule has 0 aromatic carbocycles. The van der Waals surface area contributed by atoms with Gasteiger partial charge in [-0.1, -0.05) is 169 Å². The van der Waals surface area contributed by atoms with Crippen LogP contribution < -0.4 is 43.4 Å². The Hall–Kier alpha value is -4.52. The lowest BCUT2D eigenvalue weighted by atomic mass is 10.0. The second-order valence-electron chi connectivity index (χ2n) is 19.9. The van der Waals surface area contributed by atoms with Crippen molar-refractivity contribution < 1.29 is 48.1 Å². The lowest BCUT2D eigenvalue weighted by Gasteiger charge is -2.27. The second-order valence-corrected chi connectivity index (χ2v) is 19.9. The van der Waals surface area contributed by atoms with Gasteiger partial charge >= 0.3 is 5.97 Å². The Labute approximate surface area is 432 Å². The predicted molar refractivity (Wildman–Crippen MR) is 282 cm³/mol. The molecule has 1 aliphatic rings. The summed E-state index contributed by atoms with van der Waals surface area (Å²) in [6, 6.07) is -5.30. The summed E-state index contributed by atoms with van der Waals surface area (Å²) in [5.41, 5.74) is 10.8. The third-order valence-corrected chi connectivity index (χ3v) is 12.9. The average Bonchev–Trinajstić information content (AvgIpc) is 3.33. The number of nitrogens with zero attached hydrogens (tertiary/aromatic N) is 1. The van der Waals surface area contributed by atoms with E-state index in [4.69, 9.17) is 20.9 Å². The molecule has 19 nitrogen and oxygen atoms in total. The van der Waals surface area contributed by atoms with Crippen LogP contribution in [0.3, 0.4) is 0 Å². The summed E-state index contributed by atoms with van der Waals surface area (Å²) in [4.78, 5) is 96.6. The van der Waals surface area contributed by atoms with E-state index in [-0.39, 0.29) is 57.1 Å². The van der Waals surface area contributed by atoms with Crippen LogP contribution in [0.5, 0.6) is 0 Å². The van der Waals surface area contributed by atoms with Crippen LogP contribution in [0.4, 0.5) is 0 Å². The summed E-state index contributed by atoms with van der Waals surface area (Å²) in [6.07, 6.45) is 28.2. The summed E-state index contributed by atoms with van der Waals surface area (Å²) >= 11 is 0. The van der Waals surface area contributed by atoms with E-state index in [0.717, 1.165) is 38.5 Å². The number of carboxylic acid groups (broad SMARTS) is 1. The molecule has 0 spiro atoms. The van der Waals surface area contributed by atoms with Crippen molar-refractivity contribution in [1.82, 2.24) is 31.9 Å². The highest BCUT2D eigenvalue weighted by Crippen LogP contribution is 2.15. The number of ether oxygens (including phenoxy) is 2. The SMILES string of the molecule is CCCCCCCCCCCCCCOCC(NC(=O)CCCC1NC(=O)C(CC(=O)O)NC(=O)CNC(=O)C(CCCN=C(N)N)NC(=O)C(C(C)C)NC1=O)OCCCCCCCCCCCCCC. The summed E-state index contributed by atoms with van der Waals surface area (Å²) in [5, 5.41) is 25.2. The Morgan fingerprint density at radius 3 is 1.60 bits per heavy atom. The highest BCUT2D eigenvalue weighted by molar-refractivity contribution is 5.98. The Morgan fingerprint density at radius 1 is 0.611 bits per heavy atom. The number of carboxylic acids is 1. The molecule has 5 unspecified atom stereocenters. The van der Waals surface area contributed by atoms with Crippen LogP contribution in [0.1, 0.15) is 220 Å². The van der Waals surface area contributed by atoms with Gasteiger partial charge in [-0.3, -0.25) is 38.6 Å². The van der Waals surface area contributed by atoms with Gasteiger partial charge in [0.05, 0.1) is 19.6 Å². The first-order valence-electron chi connectivity index (χ1n) is 27.9. The van der Waals surface area contributed by atoms with Gasteiger partial charge in [-0.25, -0.2) is 0 Å². The summed E-state index contributed by atoms with van der Waals surface area (Å²) in [5.74, 6) is -6.46. The van der Waals surface area contributed by atoms with Crippen LogP contribution in [0.15, 0.2) is 4.99 Å². The Morgan fingerprint density at radius 2 is 1.08 bits per heavy atom. The molecule has 0 aliphatic carbocycles.